The van der Waals surface area contributed by atoms with E-state index in [1.54, 1.807) is 6.07 Å². The van der Waals surface area contributed by atoms with Crippen molar-refractivity contribution in [2.75, 3.05) is 18.1 Å². The minimum absolute atomic E-state index is 0.00691. The molecule has 0 unspecified atom stereocenters. The van der Waals surface area contributed by atoms with E-state index >= 15 is 0 Å². The maximum absolute atomic E-state index is 13.0. The monoisotopic (exact) mass is 307 g/mol. The van der Waals surface area contributed by atoms with E-state index in [1.165, 1.54) is 6.07 Å². The second kappa shape index (κ2) is 5.65. The Morgan fingerprint density at radius 1 is 1.00 bits per heavy atom. The Kier molecular flexibility index (Phi) is 3.83. The van der Waals surface area contributed by atoms with E-state index in [0.29, 0.717) is 25.1 Å². The van der Waals surface area contributed by atoms with Crippen molar-refractivity contribution in [1.29, 1.82) is 0 Å². The molecule has 0 radical (unpaired) electrons. The van der Waals surface area contributed by atoms with Crippen LogP contribution in [0.4, 0.5) is 24.5 Å². The van der Waals surface area contributed by atoms with Crippen LogP contribution in [-0.4, -0.2) is 18.3 Å². The molecule has 0 amide bonds. The normalized spacial score (nSPS) is 13.7. The Balaban J connectivity index is 2.08. The minimum Gasteiger partial charge on any atom is -0.396 e. The second-order valence-corrected chi connectivity index (χ2v) is 5.38. The number of anilines is 2. The first kappa shape index (κ1) is 14.9. The zero-order valence-corrected chi connectivity index (χ0v) is 11.9. The molecule has 3 rings (SSSR count). The lowest BCUT2D eigenvalue weighted by atomic mass is 9.94. The zero-order valence-electron chi connectivity index (χ0n) is 11.9. The SMILES string of the molecule is OCCCN1c2ccccc2Cc2ccc(C(F)(F)F)cc21. The van der Waals surface area contributed by atoms with E-state index in [2.05, 4.69) is 0 Å². The number of nitrogens with zero attached hydrogens (tertiary/aromatic N) is 1. The number of fused-ring (bicyclic) bond motifs is 2. The fourth-order valence-corrected chi connectivity index (χ4v) is 2.87. The molecule has 0 spiro atoms. The summed E-state index contributed by atoms with van der Waals surface area (Å²) >= 11 is 0. The average Bonchev–Trinajstić information content (AvgIpc) is 2.50. The van der Waals surface area contributed by atoms with Gasteiger partial charge in [-0.25, -0.2) is 0 Å². The Bertz CT molecular complexity index is 682. The van der Waals surface area contributed by atoms with Crippen LogP contribution >= 0.6 is 0 Å². The standard InChI is InChI=1S/C17H16F3NO/c18-17(19,20)14-7-6-13-10-12-4-1-2-5-15(12)21(8-3-9-22)16(13)11-14/h1-2,4-7,11,22H,3,8-10H2. The van der Waals surface area contributed by atoms with Crippen LogP contribution < -0.4 is 4.90 Å². The number of aliphatic hydroxyl groups excluding tert-OH is 1. The first-order chi connectivity index (χ1) is 10.5. The second-order valence-electron chi connectivity index (χ2n) is 5.38. The van der Waals surface area contributed by atoms with E-state index in [9.17, 15) is 13.2 Å². The van der Waals surface area contributed by atoms with E-state index in [1.807, 2.05) is 29.2 Å². The fraction of sp³-hybridized carbons (Fsp3) is 0.294. The van der Waals surface area contributed by atoms with E-state index in [0.717, 1.165) is 22.9 Å². The number of aliphatic hydroxyl groups is 1. The molecule has 0 bridgehead atoms. The van der Waals surface area contributed by atoms with Crippen molar-refractivity contribution in [2.45, 2.75) is 19.0 Å². The Morgan fingerprint density at radius 3 is 2.45 bits per heavy atom. The summed E-state index contributed by atoms with van der Waals surface area (Å²) in [6.07, 6.45) is -3.22. The van der Waals surface area contributed by atoms with Gasteiger partial charge >= 0.3 is 6.18 Å². The summed E-state index contributed by atoms with van der Waals surface area (Å²) in [6.45, 7) is 0.495. The van der Waals surface area contributed by atoms with Crippen molar-refractivity contribution in [3.63, 3.8) is 0 Å². The van der Waals surface area contributed by atoms with Crippen LogP contribution in [0.5, 0.6) is 0 Å². The van der Waals surface area contributed by atoms with Crippen molar-refractivity contribution >= 4 is 11.4 Å². The maximum atomic E-state index is 13.0. The van der Waals surface area contributed by atoms with Crippen LogP contribution in [0.2, 0.25) is 0 Å². The molecule has 0 aromatic heterocycles. The van der Waals surface area contributed by atoms with E-state index in [4.69, 9.17) is 5.11 Å². The molecule has 116 valence electrons. The van der Waals surface area contributed by atoms with Gasteiger partial charge in [0.25, 0.3) is 0 Å². The van der Waals surface area contributed by atoms with Gasteiger partial charge in [-0.05, 0) is 35.7 Å². The maximum Gasteiger partial charge on any atom is 0.416 e. The van der Waals surface area contributed by atoms with Gasteiger partial charge in [-0.3, -0.25) is 0 Å². The van der Waals surface area contributed by atoms with Gasteiger partial charge in [-0.15, -0.1) is 0 Å². The van der Waals surface area contributed by atoms with Crippen LogP contribution in [0.3, 0.4) is 0 Å². The number of benzene rings is 2. The predicted molar refractivity (Wildman–Crippen MR) is 79.4 cm³/mol. The molecule has 1 heterocycles. The Morgan fingerprint density at radius 2 is 1.73 bits per heavy atom. The van der Waals surface area contributed by atoms with Gasteiger partial charge in [-0.2, -0.15) is 13.2 Å². The Hall–Kier alpha value is -2.01. The third kappa shape index (κ3) is 2.68. The largest absolute Gasteiger partial charge is 0.416 e. The molecule has 2 aromatic rings. The lowest BCUT2D eigenvalue weighted by Crippen LogP contribution is -2.25. The topological polar surface area (TPSA) is 23.5 Å². The quantitative estimate of drug-likeness (QED) is 0.921. The van der Waals surface area contributed by atoms with Gasteiger partial charge in [-0.1, -0.05) is 24.3 Å². The highest BCUT2D eigenvalue weighted by Gasteiger charge is 2.32. The van der Waals surface area contributed by atoms with Gasteiger partial charge in [0.1, 0.15) is 0 Å². The number of rotatable bonds is 3. The Labute approximate surface area is 126 Å². The molecule has 1 aliphatic rings. The molecule has 1 aliphatic heterocycles. The van der Waals surface area contributed by atoms with Crippen LogP contribution in [0.1, 0.15) is 23.1 Å². The molecule has 0 fully saturated rings. The fourth-order valence-electron chi connectivity index (χ4n) is 2.87. The van der Waals surface area contributed by atoms with E-state index < -0.39 is 11.7 Å². The van der Waals surface area contributed by atoms with Crippen LogP contribution in [-0.2, 0) is 12.6 Å². The highest BCUT2D eigenvalue weighted by Crippen LogP contribution is 2.41. The number of halogens is 3. The third-order valence-electron chi connectivity index (χ3n) is 3.91. The molecular formula is C17H16F3NO. The van der Waals surface area contributed by atoms with Gasteiger partial charge in [0.2, 0.25) is 0 Å². The highest BCUT2D eigenvalue weighted by atomic mass is 19.4. The molecule has 2 aromatic carbocycles. The summed E-state index contributed by atoms with van der Waals surface area (Å²) in [5, 5.41) is 9.07. The van der Waals surface area contributed by atoms with Crippen LogP contribution in [0.15, 0.2) is 42.5 Å². The number of para-hydroxylation sites is 1. The molecule has 5 heteroatoms. The van der Waals surface area contributed by atoms with Crippen molar-refractivity contribution in [3.05, 3.63) is 59.2 Å². The lowest BCUT2D eigenvalue weighted by molar-refractivity contribution is -0.137. The van der Waals surface area contributed by atoms with Gasteiger partial charge in [0.05, 0.1) is 5.56 Å². The van der Waals surface area contributed by atoms with Crippen molar-refractivity contribution in [1.82, 2.24) is 0 Å². The molecule has 0 saturated carbocycles. The highest BCUT2D eigenvalue weighted by molar-refractivity contribution is 5.74. The molecule has 2 nitrogen and oxygen atoms in total. The lowest BCUT2D eigenvalue weighted by Gasteiger charge is -2.34. The van der Waals surface area contributed by atoms with Crippen molar-refractivity contribution in [2.24, 2.45) is 0 Å². The molecule has 0 saturated heterocycles. The van der Waals surface area contributed by atoms with Crippen LogP contribution in [0, 0.1) is 0 Å². The van der Waals surface area contributed by atoms with Crippen LogP contribution in [0.25, 0.3) is 0 Å². The van der Waals surface area contributed by atoms with Crippen molar-refractivity contribution in [3.8, 4) is 0 Å². The van der Waals surface area contributed by atoms with Crippen molar-refractivity contribution < 1.29 is 18.3 Å². The van der Waals surface area contributed by atoms with Gasteiger partial charge in [0.15, 0.2) is 0 Å². The number of hydrogen-bond donors (Lipinski definition) is 1. The smallest absolute Gasteiger partial charge is 0.396 e. The summed E-state index contributed by atoms with van der Waals surface area (Å²) < 4.78 is 38.9. The molecular weight excluding hydrogens is 291 g/mol. The zero-order chi connectivity index (χ0) is 15.7. The molecule has 0 atom stereocenters. The number of hydrogen-bond acceptors (Lipinski definition) is 2. The summed E-state index contributed by atoms with van der Waals surface area (Å²) in [7, 11) is 0. The third-order valence-corrected chi connectivity index (χ3v) is 3.91. The first-order valence-corrected chi connectivity index (χ1v) is 7.17. The predicted octanol–water partition coefficient (Wildman–Crippen LogP) is 4.13. The summed E-state index contributed by atoms with van der Waals surface area (Å²) in [5.74, 6) is 0. The average molecular weight is 307 g/mol. The summed E-state index contributed by atoms with van der Waals surface area (Å²) in [5.41, 5.74) is 2.83. The molecule has 22 heavy (non-hydrogen) atoms. The van der Waals surface area contributed by atoms with E-state index in [-0.39, 0.29) is 6.61 Å². The van der Waals surface area contributed by atoms with Gasteiger partial charge < -0.3 is 10.0 Å². The molecule has 0 aliphatic carbocycles. The first-order valence-electron chi connectivity index (χ1n) is 7.17. The van der Waals surface area contributed by atoms with Gasteiger partial charge in [0, 0.05) is 30.9 Å². The summed E-state index contributed by atoms with van der Waals surface area (Å²) in [6, 6.07) is 11.6. The minimum atomic E-state index is -4.35. The number of alkyl halides is 3. The molecule has 1 N–H and O–H groups in total. The summed E-state index contributed by atoms with van der Waals surface area (Å²) in [4.78, 5) is 1.87.